The van der Waals surface area contributed by atoms with Crippen LogP contribution in [0.15, 0.2) is 42.0 Å². The van der Waals surface area contributed by atoms with Crippen LogP contribution in [0.2, 0.25) is 0 Å². The van der Waals surface area contributed by atoms with Gasteiger partial charge in [0.2, 0.25) is 11.8 Å². The molecule has 3 fully saturated rings. The Bertz CT molecular complexity index is 849. The lowest BCUT2D eigenvalue weighted by molar-refractivity contribution is -0.123. The normalized spacial score (nSPS) is 34.8. The van der Waals surface area contributed by atoms with Crippen molar-refractivity contribution >= 4 is 17.5 Å². The van der Waals surface area contributed by atoms with Gasteiger partial charge in [0.05, 0.1) is 30.7 Å². The Hall–Kier alpha value is -2.02. The molecule has 160 valence electrons. The lowest BCUT2D eigenvalue weighted by Gasteiger charge is -2.36. The molecule has 5 aliphatic rings. The van der Waals surface area contributed by atoms with Crippen molar-refractivity contribution in [3.63, 3.8) is 0 Å². The molecule has 1 aromatic carbocycles. The van der Waals surface area contributed by atoms with Crippen LogP contribution < -0.4 is 4.90 Å². The predicted molar refractivity (Wildman–Crippen MR) is 115 cm³/mol. The number of nitrogens with zero attached hydrogens (tertiary/aromatic N) is 3. The Morgan fingerprint density at radius 1 is 0.967 bits per heavy atom. The van der Waals surface area contributed by atoms with Gasteiger partial charge in [-0.05, 0) is 30.9 Å². The lowest BCUT2D eigenvalue weighted by atomic mass is 9.68. The molecule has 2 amide bonds. The first-order chi connectivity index (χ1) is 14.6. The van der Waals surface area contributed by atoms with E-state index >= 15 is 0 Å². The third-order valence-electron chi connectivity index (χ3n) is 7.49. The Morgan fingerprint density at radius 2 is 1.67 bits per heavy atom. The van der Waals surface area contributed by atoms with E-state index < -0.39 is 0 Å². The van der Waals surface area contributed by atoms with Crippen LogP contribution in [0.3, 0.4) is 0 Å². The summed E-state index contributed by atoms with van der Waals surface area (Å²) in [6, 6.07) is 9.42. The first-order valence-electron chi connectivity index (χ1n) is 11.2. The third-order valence-corrected chi connectivity index (χ3v) is 7.49. The molecule has 3 saturated heterocycles. The Kier molecular flexibility index (Phi) is 5.25. The van der Waals surface area contributed by atoms with Gasteiger partial charge in [0.25, 0.3) is 0 Å². The van der Waals surface area contributed by atoms with Crippen LogP contribution in [0, 0.1) is 23.7 Å². The zero-order valence-corrected chi connectivity index (χ0v) is 17.9. The maximum Gasteiger partial charge on any atom is 0.239 e. The van der Waals surface area contributed by atoms with E-state index in [1.54, 1.807) is 0 Å². The number of hydrogen-bond acceptors (Lipinski definition) is 5. The average molecular weight is 410 g/mol. The second-order valence-electron chi connectivity index (χ2n) is 9.25. The van der Waals surface area contributed by atoms with Crippen molar-refractivity contribution in [1.82, 2.24) is 9.80 Å². The number of ether oxygens (including phenoxy) is 1. The minimum absolute atomic E-state index is 0.00222. The summed E-state index contributed by atoms with van der Waals surface area (Å²) in [6.45, 7) is 10.8. The molecule has 0 N–H and O–H groups in total. The van der Waals surface area contributed by atoms with Crippen molar-refractivity contribution in [2.45, 2.75) is 19.9 Å². The third kappa shape index (κ3) is 3.22. The van der Waals surface area contributed by atoms with Crippen LogP contribution in [-0.2, 0) is 14.3 Å². The van der Waals surface area contributed by atoms with Gasteiger partial charge in [-0.15, -0.1) is 0 Å². The zero-order chi connectivity index (χ0) is 20.8. The lowest BCUT2D eigenvalue weighted by Crippen LogP contribution is -2.48. The van der Waals surface area contributed by atoms with Gasteiger partial charge in [0, 0.05) is 38.8 Å². The predicted octanol–water partition coefficient (Wildman–Crippen LogP) is 2.02. The van der Waals surface area contributed by atoms with Gasteiger partial charge < -0.3 is 4.74 Å². The molecule has 4 heterocycles. The highest BCUT2D eigenvalue weighted by Crippen LogP contribution is 2.49. The molecule has 0 unspecified atom stereocenters. The van der Waals surface area contributed by atoms with Crippen molar-refractivity contribution in [1.29, 1.82) is 0 Å². The molecule has 4 aliphatic heterocycles. The summed E-state index contributed by atoms with van der Waals surface area (Å²) in [7, 11) is 0. The Labute approximate surface area is 178 Å². The highest BCUT2D eigenvalue weighted by Gasteiger charge is 2.59. The van der Waals surface area contributed by atoms with E-state index in [0.717, 1.165) is 45.9 Å². The van der Waals surface area contributed by atoms with Gasteiger partial charge in [-0.2, -0.15) is 0 Å². The van der Waals surface area contributed by atoms with E-state index in [4.69, 9.17) is 4.74 Å². The fourth-order valence-corrected chi connectivity index (χ4v) is 6.12. The molecular weight excluding hydrogens is 378 g/mol. The molecule has 6 heteroatoms. The number of hydrogen-bond donors (Lipinski definition) is 0. The number of fused-ring (bicyclic) bond motifs is 2. The number of morpholine rings is 1. The van der Waals surface area contributed by atoms with E-state index in [0.29, 0.717) is 11.6 Å². The van der Waals surface area contributed by atoms with Crippen molar-refractivity contribution in [3.05, 3.63) is 42.0 Å². The first-order valence-corrected chi connectivity index (χ1v) is 11.2. The summed E-state index contributed by atoms with van der Waals surface area (Å²) in [6.07, 6.45) is 2.29. The minimum atomic E-state index is -0.277. The molecule has 1 aliphatic carbocycles. The van der Waals surface area contributed by atoms with Crippen LogP contribution in [0.4, 0.5) is 5.69 Å². The van der Waals surface area contributed by atoms with Gasteiger partial charge in [-0.25, -0.2) is 4.90 Å². The number of anilines is 1. The molecule has 0 spiro atoms. The summed E-state index contributed by atoms with van der Waals surface area (Å²) < 4.78 is 5.48. The summed E-state index contributed by atoms with van der Waals surface area (Å²) >= 11 is 0. The van der Waals surface area contributed by atoms with Crippen LogP contribution >= 0.6 is 0 Å². The standard InChI is InChI=1S/C24H31N3O3/c1-16-14-19-21-22(24(29)27(23(21)28)18-6-4-3-5-7-18)20(16)17(2)15-26(19)9-8-25-10-12-30-13-11-25/h3-7,14,17,19-22H,8-13,15H2,1-2H3/t17-,19+,20-,21+,22-/m1/s1. The fraction of sp³-hybridized carbons (Fsp3) is 0.583. The molecule has 6 rings (SSSR count). The van der Waals surface area contributed by atoms with E-state index in [1.165, 1.54) is 10.5 Å². The summed E-state index contributed by atoms with van der Waals surface area (Å²) in [5.74, 6) is -0.0682. The Morgan fingerprint density at radius 3 is 2.40 bits per heavy atom. The Balaban J connectivity index is 1.44. The fourth-order valence-electron chi connectivity index (χ4n) is 6.12. The van der Waals surface area contributed by atoms with Crippen molar-refractivity contribution < 1.29 is 14.3 Å². The van der Waals surface area contributed by atoms with Crippen molar-refractivity contribution in [3.8, 4) is 0 Å². The topological polar surface area (TPSA) is 53.1 Å². The number of imide groups is 1. The van der Waals surface area contributed by atoms with Crippen LogP contribution in [-0.4, -0.2) is 73.6 Å². The average Bonchev–Trinajstić information content (AvgIpc) is 2.87. The molecule has 1 aromatic rings. The van der Waals surface area contributed by atoms with E-state index in [1.807, 2.05) is 30.3 Å². The monoisotopic (exact) mass is 409 g/mol. The molecule has 0 aromatic heterocycles. The zero-order valence-electron chi connectivity index (χ0n) is 17.9. The van der Waals surface area contributed by atoms with Gasteiger partial charge in [-0.1, -0.05) is 36.8 Å². The highest BCUT2D eigenvalue weighted by atomic mass is 16.5. The molecule has 0 saturated carbocycles. The summed E-state index contributed by atoms with van der Waals surface area (Å²) in [5, 5.41) is 0. The van der Waals surface area contributed by atoms with Crippen molar-refractivity contribution in [2.75, 3.05) is 50.8 Å². The number of carbonyl (C=O) groups excluding carboxylic acids is 2. The maximum atomic E-state index is 13.6. The number of benzene rings is 1. The van der Waals surface area contributed by atoms with Gasteiger partial charge in [0.1, 0.15) is 0 Å². The summed E-state index contributed by atoms with van der Waals surface area (Å²) in [4.78, 5) is 33.5. The maximum absolute atomic E-state index is 13.6. The molecule has 6 nitrogen and oxygen atoms in total. The van der Waals surface area contributed by atoms with E-state index in [-0.39, 0.29) is 35.6 Å². The smallest absolute Gasteiger partial charge is 0.239 e. The van der Waals surface area contributed by atoms with E-state index in [2.05, 4.69) is 29.7 Å². The van der Waals surface area contributed by atoms with Gasteiger partial charge >= 0.3 is 0 Å². The molecule has 0 radical (unpaired) electrons. The second kappa shape index (κ2) is 7.91. The van der Waals surface area contributed by atoms with Crippen LogP contribution in [0.1, 0.15) is 13.8 Å². The largest absolute Gasteiger partial charge is 0.379 e. The molecule has 30 heavy (non-hydrogen) atoms. The molecule has 5 atom stereocenters. The van der Waals surface area contributed by atoms with Crippen molar-refractivity contribution in [2.24, 2.45) is 23.7 Å². The van der Waals surface area contributed by atoms with Crippen LogP contribution in [0.5, 0.6) is 0 Å². The molecule has 2 bridgehead atoms. The number of para-hydroxylation sites is 1. The number of amides is 2. The first kappa shape index (κ1) is 19.9. The SMILES string of the molecule is CC1=C[C@H]2[C@@H]3C(=O)N(c4ccccc4)C(=O)[C@@H]3[C@H]1[C@H](C)CN2CCN1CCOCC1. The van der Waals surface area contributed by atoms with Gasteiger partial charge in [0.15, 0.2) is 0 Å². The van der Waals surface area contributed by atoms with E-state index in [9.17, 15) is 9.59 Å². The number of rotatable bonds is 4. The summed E-state index contributed by atoms with van der Waals surface area (Å²) in [5.41, 5.74) is 1.98. The quantitative estimate of drug-likeness (QED) is 0.563. The van der Waals surface area contributed by atoms with Crippen LogP contribution in [0.25, 0.3) is 0 Å². The molecular formula is C24H31N3O3. The number of carbonyl (C=O) groups is 2. The van der Waals surface area contributed by atoms with Gasteiger partial charge in [-0.3, -0.25) is 19.4 Å². The minimum Gasteiger partial charge on any atom is -0.379 e. The number of allylic oxidation sites excluding steroid dienone is 1. The highest BCUT2D eigenvalue weighted by molar-refractivity contribution is 6.22. The second-order valence-corrected chi connectivity index (χ2v) is 9.25.